The van der Waals surface area contributed by atoms with Gasteiger partial charge in [0.15, 0.2) is 0 Å². The van der Waals surface area contributed by atoms with Gasteiger partial charge in [-0.25, -0.2) is 14.4 Å². The van der Waals surface area contributed by atoms with Crippen molar-refractivity contribution in [3.05, 3.63) is 48.0 Å². The normalized spacial score (nSPS) is 19.0. The van der Waals surface area contributed by atoms with Crippen molar-refractivity contribution in [3.63, 3.8) is 0 Å². The Balaban J connectivity index is 1.56. The molecule has 27 heavy (non-hydrogen) atoms. The number of rotatable bonds is 5. The topological polar surface area (TPSA) is 88.3 Å². The van der Waals surface area contributed by atoms with Gasteiger partial charge in [0.25, 0.3) is 5.91 Å². The van der Waals surface area contributed by atoms with E-state index in [0.29, 0.717) is 22.6 Å². The van der Waals surface area contributed by atoms with E-state index in [1.807, 2.05) is 0 Å². The fraction of sp³-hybridized carbons (Fsp3) is 0.368. The summed E-state index contributed by atoms with van der Waals surface area (Å²) < 4.78 is 12.5. The smallest absolute Gasteiger partial charge is 0.271 e. The summed E-state index contributed by atoms with van der Waals surface area (Å²) in [6.07, 6.45) is 7.33. The summed E-state index contributed by atoms with van der Waals surface area (Å²) in [7, 11) is 1.52. The zero-order chi connectivity index (χ0) is 19.2. The third-order valence-corrected chi connectivity index (χ3v) is 4.99. The van der Waals surface area contributed by atoms with Crippen LogP contribution in [0.15, 0.2) is 36.9 Å². The number of hydrogen-bond donors (Lipinski definition) is 0. The third-order valence-electron chi connectivity index (χ3n) is 4.56. The maximum Gasteiger partial charge on any atom is 0.271 e. The van der Waals surface area contributed by atoms with Crippen LogP contribution in [0.5, 0.6) is 11.5 Å². The SMILES string of the molecule is COc1cc(OC2CCC(N(Cl)C(=O)c3cncnc3)CC2)ccc1C#N. The molecule has 1 aromatic heterocycles. The molecule has 1 fully saturated rings. The molecule has 0 saturated heterocycles. The summed E-state index contributed by atoms with van der Waals surface area (Å²) in [6.45, 7) is 0. The van der Waals surface area contributed by atoms with Crippen LogP contribution in [0.4, 0.5) is 0 Å². The van der Waals surface area contributed by atoms with E-state index < -0.39 is 0 Å². The number of halogens is 1. The van der Waals surface area contributed by atoms with Gasteiger partial charge >= 0.3 is 0 Å². The number of carbonyl (C=O) groups is 1. The van der Waals surface area contributed by atoms with Crippen LogP contribution in [-0.4, -0.2) is 39.5 Å². The molecule has 0 spiro atoms. The van der Waals surface area contributed by atoms with Crippen molar-refractivity contribution >= 4 is 17.7 Å². The van der Waals surface area contributed by atoms with E-state index in [1.54, 1.807) is 18.2 Å². The van der Waals surface area contributed by atoms with Gasteiger partial charge in [-0.1, -0.05) is 0 Å². The van der Waals surface area contributed by atoms with Crippen LogP contribution in [0.2, 0.25) is 0 Å². The van der Waals surface area contributed by atoms with E-state index in [-0.39, 0.29) is 18.1 Å². The average Bonchev–Trinajstić information content (AvgIpc) is 2.73. The van der Waals surface area contributed by atoms with Gasteiger partial charge in [0.1, 0.15) is 23.9 Å². The van der Waals surface area contributed by atoms with Crippen molar-refractivity contribution in [2.24, 2.45) is 0 Å². The second-order valence-corrected chi connectivity index (χ2v) is 6.63. The van der Waals surface area contributed by atoms with Crippen molar-refractivity contribution in [3.8, 4) is 17.6 Å². The highest BCUT2D eigenvalue weighted by molar-refractivity contribution is 6.24. The zero-order valence-corrected chi connectivity index (χ0v) is 15.6. The van der Waals surface area contributed by atoms with Crippen LogP contribution in [0, 0.1) is 11.3 Å². The molecule has 1 aromatic carbocycles. The number of nitrogens with zero attached hydrogens (tertiary/aromatic N) is 4. The summed E-state index contributed by atoms with van der Waals surface area (Å²) in [5, 5.41) is 9.05. The molecule has 1 aliphatic carbocycles. The number of aromatic nitrogens is 2. The quantitative estimate of drug-likeness (QED) is 0.732. The molecule has 0 radical (unpaired) electrons. The van der Waals surface area contributed by atoms with Gasteiger partial charge in [-0.15, -0.1) is 0 Å². The summed E-state index contributed by atoms with van der Waals surface area (Å²) in [4.78, 5) is 20.1. The number of methoxy groups -OCH3 is 1. The Labute approximate surface area is 162 Å². The molecule has 8 heteroatoms. The van der Waals surface area contributed by atoms with Crippen molar-refractivity contribution in [2.75, 3.05) is 7.11 Å². The van der Waals surface area contributed by atoms with Crippen molar-refractivity contribution in [1.82, 2.24) is 14.4 Å². The van der Waals surface area contributed by atoms with Gasteiger partial charge in [0.2, 0.25) is 0 Å². The predicted molar refractivity (Wildman–Crippen MR) is 98.4 cm³/mol. The molecule has 0 bridgehead atoms. The minimum Gasteiger partial charge on any atom is -0.495 e. The number of ether oxygens (including phenoxy) is 2. The van der Waals surface area contributed by atoms with E-state index >= 15 is 0 Å². The second kappa shape index (κ2) is 8.69. The van der Waals surface area contributed by atoms with Gasteiger partial charge in [-0.05, 0) is 37.8 Å². The van der Waals surface area contributed by atoms with Gasteiger partial charge in [0, 0.05) is 36.3 Å². The molecule has 0 unspecified atom stereocenters. The van der Waals surface area contributed by atoms with Crippen molar-refractivity contribution in [1.29, 1.82) is 5.26 Å². The molecule has 1 aliphatic rings. The van der Waals surface area contributed by atoms with Gasteiger partial charge in [-0.2, -0.15) is 5.26 Å². The monoisotopic (exact) mass is 386 g/mol. The average molecular weight is 387 g/mol. The highest BCUT2D eigenvalue weighted by Crippen LogP contribution is 2.30. The predicted octanol–water partition coefficient (Wildman–Crippen LogP) is 3.34. The van der Waals surface area contributed by atoms with Gasteiger partial charge in [0.05, 0.1) is 24.3 Å². The summed E-state index contributed by atoms with van der Waals surface area (Å²) in [5.74, 6) is 0.860. The van der Waals surface area contributed by atoms with E-state index in [4.69, 9.17) is 26.5 Å². The highest BCUT2D eigenvalue weighted by atomic mass is 35.5. The molecule has 0 aliphatic heterocycles. The van der Waals surface area contributed by atoms with E-state index in [0.717, 1.165) is 25.7 Å². The summed E-state index contributed by atoms with van der Waals surface area (Å²) >= 11 is 6.27. The number of amides is 1. The van der Waals surface area contributed by atoms with Crippen LogP contribution < -0.4 is 9.47 Å². The maximum atomic E-state index is 12.4. The molecule has 2 aromatic rings. The van der Waals surface area contributed by atoms with Crippen LogP contribution in [-0.2, 0) is 0 Å². The molecule has 0 N–H and O–H groups in total. The maximum absolute atomic E-state index is 12.4. The Morgan fingerprint density at radius 3 is 2.59 bits per heavy atom. The van der Waals surface area contributed by atoms with E-state index in [9.17, 15) is 4.79 Å². The van der Waals surface area contributed by atoms with Gasteiger partial charge in [-0.3, -0.25) is 4.79 Å². The van der Waals surface area contributed by atoms with Gasteiger partial charge < -0.3 is 9.47 Å². The standard InChI is InChI=1S/C19H19ClN4O3/c1-26-18-8-17(5-2-13(18)9-21)27-16-6-3-15(4-7-16)24(20)19(25)14-10-22-12-23-11-14/h2,5,8,10-12,15-16H,3-4,6-7H2,1H3. The minimum atomic E-state index is -0.293. The Bertz CT molecular complexity index is 833. The largest absolute Gasteiger partial charge is 0.495 e. The molecule has 1 saturated carbocycles. The molecule has 3 rings (SSSR count). The Morgan fingerprint density at radius 1 is 1.26 bits per heavy atom. The Morgan fingerprint density at radius 2 is 1.96 bits per heavy atom. The molecule has 7 nitrogen and oxygen atoms in total. The fourth-order valence-electron chi connectivity index (χ4n) is 3.12. The Kier molecular flexibility index (Phi) is 6.09. The lowest BCUT2D eigenvalue weighted by atomic mass is 9.92. The van der Waals surface area contributed by atoms with Crippen LogP contribution >= 0.6 is 11.8 Å². The van der Waals surface area contributed by atoms with Crippen molar-refractivity contribution in [2.45, 2.75) is 37.8 Å². The number of hydrogen-bond acceptors (Lipinski definition) is 6. The number of nitriles is 1. The molecule has 1 amide bonds. The minimum absolute atomic E-state index is 0.0270. The fourth-order valence-corrected chi connectivity index (χ4v) is 3.41. The zero-order valence-electron chi connectivity index (χ0n) is 14.8. The Hall–Kier alpha value is -2.85. The first-order valence-electron chi connectivity index (χ1n) is 8.61. The van der Waals surface area contributed by atoms with Crippen LogP contribution in [0.3, 0.4) is 0 Å². The van der Waals surface area contributed by atoms with Crippen LogP contribution in [0.1, 0.15) is 41.6 Å². The lowest BCUT2D eigenvalue weighted by molar-refractivity contribution is 0.0734. The highest BCUT2D eigenvalue weighted by Gasteiger charge is 2.29. The molecule has 140 valence electrons. The molecule has 1 heterocycles. The van der Waals surface area contributed by atoms with E-state index in [2.05, 4.69) is 16.0 Å². The number of benzene rings is 1. The first-order valence-corrected chi connectivity index (χ1v) is 8.95. The second-order valence-electron chi connectivity index (χ2n) is 6.27. The van der Waals surface area contributed by atoms with E-state index in [1.165, 1.54) is 30.2 Å². The molecular weight excluding hydrogens is 368 g/mol. The van der Waals surface area contributed by atoms with Crippen LogP contribution in [0.25, 0.3) is 0 Å². The number of carbonyl (C=O) groups excluding carboxylic acids is 1. The van der Waals surface area contributed by atoms with Crippen molar-refractivity contribution < 1.29 is 14.3 Å². The first kappa shape index (κ1) is 18.9. The summed E-state index contributed by atoms with van der Waals surface area (Å²) in [5.41, 5.74) is 0.838. The third kappa shape index (κ3) is 4.47. The first-order chi connectivity index (χ1) is 13.1. The molecule has 0 atom stereocenters. The molecular formula is C19H19ClN4O3. The summed E-state index contributed by atoms with van der Waals surface area (Å²) in [6, 6.07) is 7.18. The lowest BCUT2D eigenvalue weighted by Gasteiger charge is -2.32. The lowest BCUT2D eigenvalue weighted by Crippen LogP contribution is -2.38.